The van der Waals surface area contributed by atoms with E-state index in [0.717, 1.165) is 0 Å². The van der Waals surface area contributed by atoms with Crippen LogP contribution < -0.4 is 0 Å². The second-order valence-corrected chi connectivity index (χ2v) is 8.18. The fraction of sp³-hybridized carbons (Fsp3) is 0.692. The first kappa shape index (κ1) is 16.0. The number of amides is 1. The molecule has 1 fully saturated rings. The van der Waals surface area contributed by atoms with Crippen molar-refractivity contribution < 1.29 is 13.2 Å². The number of sulfonamides is 1. The zero-order valence-corrected chi connectivity index (χ0v) is 13.7. The first-order chi connectivity index (χ1) is 9.64. The fourth-order valence-electron chi connectivity index (χ4n) is 2.39. The third-order valence-electron chi connectivity index (χ3n) is 3.66. The van der Waals surface area contributed by atoms with Crippen molar-refractivity contribution in [3.8, 4) is 0 Å². The van der Waals surface area contributed by atoms with E-state index in [9.17, 15) is 13.2 Å². The van der Waals surface area contributed by atoms with Crippen LogP contribution in [-0.2, 0) is 20.2 Å². The number of aromatic amines is 1. The number of carbonyl (C=O) groups is 1. The van der Waals surface area contributed by atoms with Gasteiger partial charge in [-0.2, -0.15) is 9.40 Å². The Morgan fingerprint density at radius 3 is 2.29 bits per heavy atom. The van der Waals surface area contributed by atoms with Crippen LogP contribution in [0.2, 0.25) is 0 Å². The topological polar surface area (TPSA) is 86.4 Å². The molecule has 1 aliphatic rings. The minimum Gasteiger partial charge on any atom is -0.340 e. The van der Waals surface area contributed by atoms with E-state index < -0.39 is 10.0 Å². The SMILES string of the molecule is CC(=O)N1CCN(S(=O)(=O)c2cn[nH]c2C(C)(C)C)CC1. The summed E-state index contributed by atoms with van der Waals surface area (Å²) < 4.78 is 26.9. The summed E-state index contributed by atoms with van der Waals surface area (Å²) in [6.07, 6.45) is 1.37. The summed E-state index contributed by atoms with van der Waals surface area (Å²) in [4.78, 5) is 13.2. The molecule has 1 aromatic heterocycles. The summed E-state index contributed by atoms with van der Waals surface area (Å²) in [7, 11) is -3.58. The van der Waals surface area contributed by atoms with Crippen molar-refractivity contribution in [2.75, 3.05) is 26.2 Å². The van der Waals surface area contributed by atoms with E-state index in [1.807, 2.05) is 20.8 Å². The second kappa shape index (κ2) is 5.42. The lowest BCUT2D eigenvalue weighted by Gasteiger charge is -2.33. The molecule has 0 radical (unpaired) electrons. The van der Waals surface area contributed by atoms with Crippen molar-refractivity contribution in [2.45, 2.75) is 38.0 Å². The second-order valence-electron chi connectivity index (χ2n) is 6.27. The Morgan fingerprint density at radius 1 is 1.24 bits per heavy atom. The molecule has 2 rings (SSSR count). The molecular formula is C13H22N4O3S. The summed E-state index contributed by atoms with van der Waals surface area (Å²) in [5.74, 6) is -0.0225. The third-order valence-corrected chi connectivity index (χ3v) is 5.57. The van der Waals surface area contributed by atoms with Crippen LogP contribution in [0.4, 0.5) is 0 Å². The lowest BCUT2D eigenvalue weighted by Crippen LogP contribution is -2.50. The summed E-state index contributed by atoms with van der Waals surface area (Å²) in [6, 6.07) is 0. The lowest BCUT2D eigenvalue weighted by molar-refractivity contribution is -0.129. The molecule has 118 valence electrons. The number of hydrogen-bond donors (Lipinski definition) is 1. The monoisotopic (exact) mass is 314 g/mol. The van der Waals surface area contributed by atoms with E-state index >= 15 is 0 Å². The smallest absolute Gasteiger partial charge is 0.246 e. The quantitative estimate of drug-likeness (QED) is 0.864. The highest BCUT2D eigenvalue weighted by Crippen LogP contribution is 2.29. The molecule has 0 unspecified atom stereocenters. The number of carbonyl (C=O) groups excluding carboxylic acids is 1. The molecule has 21 heavy (non-hydrogen) atoms. The van der Waals surface area contributed by atoms with E-state index in [1.165, 1.54) is 17.4 Å². The van der Waals surface area contributed by atoms with Gasteiger partial charge in [-0.3, -0.25) is 9.89 Å². The van der Waals surface area contributed by atoms with Gasteiger partial charge >= 0.3 is 0 Å². The summed E-state index contributed by atoms with van der Waals surface area (Å²) in [5.41, 5.74) is 0.275. The Kier molecular flexibility index (Phi) is 4.12. The van der Waals surface area contributed by atoms with Crippen molar-refractivity contribution in [2.24, 2.45) is 0 Å². The number of rotatable bonds is 2. The average Bonchev–Trinajstić information content (AvgIpc) is 2.88. The van der Waals surface area contributed by atoms with Gasteiger partial charge in [-0.15, -0.1) is 0 Å². The Morgan fingerprint density at radius 2 is 1.81 bits per heavy atom. The minimum atomic E-state index is -3.58. The zero-order valence-electron chi connectivity index (χ0n) is 12.9. The number of piperazine rings is 1. The van der Waals surface area contributed by atoms with E-state index in [-0.39, 0.29) is 16.2 Å². The zero-order chi connectivity index (χ0) is 15.8. The molecule has 0 spiro atoms. The van der Waals surface area contributed by atoms with Gasteiger partial charge in [0.2, 0.25) is 15.9 Å². The molecule has 7 nitrogen and oxygen atoms in total. The van der Waals surface area contributed by atoms with E-state index in [1.54, 1.807) is 4.90 Å². The van der Waals surface area contributed by atoms with Crippen molar-refractivity contribution >= 4 is 15.9 Å². The Hall–Kier alpha value is -1.41. The maximum Gasteiger partial charge on any atom is 0.246 e. The predicted octanol–water partition coefficient (Wildman–Crippen LogP) is 0.560. The van der Waals surface area contributed by atoms with E-state index in [2.05, 4.69) is 10.2 Å². The Labute approximate surface area is 125 Å². The maximum atomic E-state index is 12.8. The molecular weight excluding hydrogens is 292 g/mol. The van der Waals surface area contributed by atoms with Gasteiger partial charge in [0.05, 0.1) is 11.9 Å². The third kappa shape index (κ3) is 3.11. The van der Waals surface area contributed by atoms with Crippen LogP contribution >= 0.6 is 0 Å². The van der Waals surface area contributed by atoms with Crippen molar-refractivity contribution in [1.29, 1.82) is 0 Å². The van der Waals surface area contributed by atoms with Gasteiger partial charge in [0.25, 0.3) is 0 Å². The summed E-state index contributed by atoms with van der Waals surface area (Å²) in [5, 5.41) is 6.70. The Balaban J connectivity index is 2.25. The highest BCUT2D eigenvalue weighted by atomic mass is 32.2. The molecule has 0 bridgehead atoms. The molecule has 1 aliphatic heterocycles. The highest BCUT2D eigenvalue weighted by molar-refractivity contribution is 7.89. The molecule has 8 heteroatoms. The fourth-order valence-corrected chi connectivity index (χ4v) is 4.11. The minimum absolute atomic E-state index is 0.0225. The number of aromatic nitrogens is 2. The lowest BCUT2D eigenvalue weighted by atomic mass is 9.92. The predicted molar refractivity (Wildman–Crippen MR) is 78.3 cm³/mol. The molecule has 1 N–H and O–H groups in total. The molecule has 1 amide bonds. The number of hydrogen-bond acceptors (Lipinski definition) is 4. The number of H-pyrrole nitrogens is 1. The van der Waals surface area contributed by atoms with Gasteiger partial charge in [0.15, 0.2) is 0 Å². The van der Waals surface area contributed by atoms with Crippen LogP contribution in [-0.4, -0.2) is 59.9 Å². The Bertz CT molecular complexity index is 622. The molecule has 2 heterocycles. The first-order valence-electron chi connectivity index (χ1n) is 6.93. The van der Waals surface area contributed by atoms with E-state index in [0.29, 0.717) is 31.9 Å². The van der Waals surface area contributed by atoms with Gasteiger partial charge in [-0.1, -0.05) is 20.8 Å². The van der Waals surface area contributed by atoms with Crippen LogP contribution in [0.15, 0.2) is 11.1 Å². The molecule has 1 aromatic rings. The normalized spacial score (nSPS) is 18.0. The van der Waals surface area contributed by atoms with Gasteiger partial charge in [-0.25, -0.2) is 8.42 Å². The van der Waals surface area contributed by atoms with Crippen LogP contribution in [0.25, 0.3) is 0 Å². The van der Waals surface area contributed by atoms with Gasteiger partial charge in [0, 0.05) is 38.5 Å². The van der Waals surface area contributed by atoms with Crippen molar-refractivity contribution in [3.05, 3.63) is 11.9 Å². The molecule has 0 saturated carbocycles. The summed E-state index contributed by atoms with van der Waals surface area (Å²) >= 11 is 0. The van der Waals surface area contributed by atoms with Crippen LogP contribution in [0.5, 0.6) is 0 Å². The van der Waals surface area contributed by atoms with Crippen LogP contribution in [0.1, 0.15) is 33.4 Å². The molecule has 0 aliphatic carbocycles. The van der Waals surface area contributed by atoms with Crippen molar-refractivity contribution in [1.82, 2.24) is 19.4 Å². The van der Waals surface area contributed by atoms with Gasteiger partial charge in [-0.05, 0) is 0 Å². The molecule has 0 atom stereocenters. The first-order valence-corrected chi connectivity index (χ1v) is 8.37. The largest absolute Gasteiger partial charge is 0.340 e. The average molecular weight is 314 g/mol. The molecule has 0 aromatic carbocycles. The van der Waals surface area contributed by atoms with Crippen LogP contribution in [0.3, 0.4) is 0 Å². The van der Waals surface area contributed by atoms with E-state index in [4.69, 9.17) is 0 Å². The van der Waals surface area contributed by atoms with Gasteiger partial charge in [0.1, 0.15) is 4.90 Å². The molecule has 1 saturated heterocycles. The maximum absolute atomic E-state index is 12.8. The number of nitrogens with one attached hydrogen (secondary N) is 1. The van der Waals surface area contributed by atoms with Crippen molar-refractivity contribution in [3.63, 3.8) is 0 Å². The standard InChI is InChI=1S/C13H22N4O3S/c1-10(18)16-5-7-17(8-6-16)21(19,20)11-9-14-15-12(11)13(2,3)4/h9H,5-8H2,1-4H3,(H,14,15). The number of nitrogens with zero attached hydrogens (tertiary/aromatic N) is 3. The van der Waals surface area contributed by atoms with Crippen LogP contribution in [0, 0.1) is 0 Å². The summed E-state index contributed by atoms with van der Waals surface area (Å²) in [6.45, 7) is 8.80. The van der Waals surface area contributed by atoms with Gasteiger partial charge < -0.3 is 4.90 Å². The highest BCUT2D eigenvalue weighted by Gasteiger charge is 2.34.